The summed E-state index contributed by atoms with van der Waals surface area (Å²) in [5.41, 5.74) is 0.436. The Labute approximate surface area is 302 Å². The lowest BCUT2D eigenvalue weighted by Gasteiger charge is -2.37. The molecule has 0 bridgehead atoms. The quantitative estimate of drug-likeness (QED) is 0.264. The molecule has 0 aliphatic carbocycles. The van der Waals surface area contributed by atoms with Crippen LogP contribution >= 0.6 is 0 Å². The molecule has 1 amide bonds. The number of ether oxygens (including phenoxy) is 2. The van der Waals surface area contributed by atoms with Crippen LogP contribution < -0.4 is 21.0 Å². The van der Waals surface area contributed by atoms with E-state index in [0.29, 0.717) is 12.4 Å². The first-order valence-corrected chi connectivity index (χ1v) is 20.5. The highest BCUT2D eigenvalue weighted by atomic mass is 28.4. The van der Waals surface area contributed by atoms with Gasteiger partial charge in [0.1, 0.15) is 18.1 Å². The zero-order valence-corrected chi connectivity index (χ0v) is 34.1. The second-order valence-electron chi connectivity index (χ2n) is 17.0. The molecule has 0 saturated carbocycles. The van der Waals surface area contributed by atoms with E-state index in [1.807, 2.05) is 106 Å². The number of amides is 1. The Kier molecular flexibility index (Phi) is 13.1. The monoisotopic (exact) mass is 713 g/mol. The molecular weight excluding hydrogens is 652 g/mol. The number of nitrogens with one attached hydrogen (secondary N) is 1. The van der Waals surface area contributed by atoms with Gasteiger partial charge in [-0.15, -0.1) is 0 Å². The van der Waals surface area contributed by atoms with Gasteiger partial charge in [0, 0.05) is 0 Å². The van der Waals surface area contributed by atoms with Gasteiger partial charge in [-0.3, -0.25) is 0 Å². The third kappa shape index (κ3) is 10.7. The van der Waals surface area contributed by atoms with Gasteiger partial charge in [0.15, 0.2) is 8.32 Å². The van der Waals surface area contributed by atoms with Gasteiger partial charge in [-0.1, -0.05) is 45.0 Å². The van der Waals surface area contributed by atoms with Crippen molar-refractivity contribution < 1.29 is 42.4 Å². The summed E-state index contributed by atoms with van der Waals surface area (Å²) in [6, 6.07) is 14.2. The first-order chi connectivity index (χ1) is 22.8. The summed E-state index contributed by atoms with van der Waals surface area (Å²) in [6.07, 6.45) is -0.677. The Bertz CT molecular complexity index is 1380. The van der Waals surface area contributed by atoms with Crippen LogP contribution in [0, 0.1) is 0 Å². The Morgan fingerprint density at radius 2 is 1.16 bits per heavy atom. The van der Waals surface area contributed by atoms with E-state index in [4.69, 9.17) is 32.5 Å². The van der Waals surface area contributed by atoms with E-state index in [1.165, 1.54) is 0 Å². The fourth-order valence-corrected chi connectivity index (χ4v) is 5.63. The minimum absolute atomic E-state index is 0.0696. The zero-order chi connectivity index (χ0) is 37.9. The van der Waals surface area contributed by atoms with E-state index in [2.05, 4.69) is 39.2 Å². The van der Waals surface area contributed by atoms with Crippen LogP contribution in [0.4, 0.5) is 4.79 Å². The van der Waals surface area contributed by atoms with Crippen LogP contribution in [0.15, 0.2) is 48.5 Å². The maximum absolute atomic E-state index is 12.2. The van der Waals surface area contributed by atoms with Crippen LogP contribution in [0.2, 0.25) is 18.1 Å². The van der Waals surface area contributed by atoms with Crippen molar-refractivity contribution in [2.75, 3.05) is 13.2 Å². The lowest BCUT2D eigenvalue weighted by molar-refractivity contribution is 0.00578. The van der Waals surface area contributed by atoms with Crippen LogP contribution in [0.1, 0.15) is 90.0 Å². The molecule has 2 N–H and O–H groups in total. The Morgan fingerprint density at radius 1 is 0.760 bits per heavy atom. The molecule has 2 aromatic rings. The van der Waals surface area contributed by atoms with Crippen LogP contribution in [-0.4, -0.2) is 81.5 Å². The average molecular weight is 714 g/mol. The molecule has 2 aliphatic heterocycles. The second kappa shape index (κ2) is 15.6. The molecule has 1 atom stereocenters. The van der Waals surface area contributed by atoms with E-state index >= 15 is 0 Å². The van der Waals surface area contributed by atoms with E-state index in [-0.39, 0.29) is 59.1 Å². The predicted molar refractivity (Wildman–Crippen MR) is 203 cm³/mol. The van der Waals surface area contributed by atoms with Crippen LogP contribution in [-0.2, 0) is 27.8 Å². The molecule has 2 fully saturated rings. The Hall–Kier alpha value is -2.54. The molecule has 10 nitrogen and oxygen atoms in total. The maximum Gasteiger partial charge on any atom is 0.494 e. The van der Waals surface area contributed by atoms with Crippen molar-refractivity contribution in [2.45, 2.75) is 143 Å². The van der Waals surface area contributed by atoms with E-state index in [0.717, 1.165) is 10.9 Å². The largest absolute Gasteiger partial charge is 0.508 e. The van der Waals surface area contributed by atoms with Crippen molar-refractivity contribution >= 4 is 39.6 Å². The maximum atomic E-state index is 12.2. The predicted octanol–water partition coefficient (Wildman–Crippen LogP) is 6.58. The first kappa shape index (κ1) is 41.9. The van der Waals surface area contributed by atoms with Gasteiger partial charge >= 0.3 is 20.3 Å². The normalized spacial score (nSPS) is 19.8. The van der Waals surface area contributed by atoms with Crippen molar-refractivity contribution in [3.8, 4) is 11.5 Å². The Balaban J connectivity index is 0.000000349. The summed E-state index contributed by atoms with van der Waals surface area (Å²) >= 11 is 0. The SMILES string of the molecule is CC(C)OC(=O)N[C@H](COc1ccc(B2OC(C)(C)C(C)(C)O2)cc1)CO[Si](C)(C)C(C)(C)C.CC1(C)OB(c2ccc(O)cc2)OC1(C)C. The highest BCUT2D eigenvalue weighted by molar-refractivity contribution is 6.74. The smallest absolute Gasteiger partial charge is 0.494 e. The molecular formula is C37H61B2NO9Si. The molecule has 0 spiro atoms. The van der Waals surface area contributed by atoms with Crippen LogP contribution in [0.3, 0.4) is 0 Å². The minimum Gasteiger partial charge on any atom is -0.508 e. The second-order valence-corrected chi connectivity index (χ2v) is 21.8. The number of carbonyl (C=O) groups excluding carboxylic acids is 1. The van der Waals surface area contributed by atoms with E-state index in [9.17, 15) is 9.90 Å². The zero-order valence-electron chi connectivity index (χ0n) is 33.1. The van der Waals surface area contributed by atoms with Gasteiger partial charge < -0.3 is 42.9 Å². The van der Waals surface area contributed by atoms with Gasteiger partial charge in [-0.2, -0.15) is 0 Å². The summed E-state index contributed by atoms with van der Waals surface area (Å²) in [6.45, 7) is 31.4. The highest BCUT2D eigenvalue weighted by Crippen LogP contribution is 2.38. The molecule has 0 aromatic heterocycles. The minimum atomic E-state index is -1.98. The standard InChI is InChI=1S/C25H44BNO6Si.C12H17BO3/c1-18(2)31-22(28)27-20(17-30-34(10,11)23(3,4)5)16-29-21-14-12-19(13-15-21)26-32-24(6,7)25(8,9)33-26;1-11(2)12(3,4)16-13(15-11)9-5-7-10(14)8-6-9/h12-15,18,20H,16-17H2,1-11H3,(H,27,28);5-8,14H,1-4H3/t20-;/m1./s1. The number of benzene rings is 2. The summed E-state index contributed by atoms with van der Waals surface area (Å²) in [7, 11) is -2.76. The number of hydrogen-bond acceptors (Lipinski definition) is 9. The van der Waals surface area contributed by atoms with E-state index < -0.39 is 21.5 Å². The lowest BCUT2D eigenvalue weighted by Crippen LogP contribution is -2.48. The number of rotatable bonds is 10. The molecule has 0 unspecified atom stereocenters. The summed E-state index contributed by atoms with van der Waals surface area (Å²) in [4.78, 5) is 12.2. The van der Waals surface area contributed by atoms with Gasteiger partial charge in [0.25, 0.3) is 0 Å². The number of carbonyl (C=O) groups is 1. The van der Waals surface area contributed by atoms with Crippen molar-refractivity contribution in [3.63, 3.8) is 0 Å². The van der Waals surface area contributed by atoms with Crippen LogP contribution in [0.25, 0.3) is 0 Å². The number of phenols is 1. The fraction of sp³-hybridized carbons (Fsp3) is 0.649. The van der Waals surface area contributed by atoms with Crippen LogP contribution in [0.5, 0.6) is 11.5 Å². The number of alkyl carbamates (subject to hydrolysis) is 1. The van der Waals surface area contributed by atoms with Gasteiger partial charge in [0.2, 0.25) is 0 Å². The number of hydrogen-bond donors (Lipinski definition) is 2. The summed E-state index contributed by atoms with van der Waals surface area (Å²) in [5, 5.41) is 12.2. The molecule has 50 heavy (non-hydrogen) atoms. The molecule has 2 aliphatic rings. The molecule has 2 heterocycles. The molecule has 0 radical (unpaired) electrons. The lowest BCUT2D eigenvalue weighted by atomic mass is 9.79. The first-order valence-electron chi connectivity index (χ1n) is 17.6. The topological polar surface area (TPSA) is 114 Å². The molecule has 2 aromatic carbocycles. The third-order valence-corrected chi connectivity index (χ3v) is 14.9. The number of phenolic OH excluding ortho intramolecular Hbond substituents is 1. The highest BCUT2D eigenvalue weighted by Gasteiger charge is 2.52. The molecule has 4 rings (SSSR count). The fourth-order valence-electron chi connectivity index (χ4n) is 4.58. The Morgan fingerprint density at radius 3 is 1.54 bits per heavy atom. The van der Waals surface area contributed by atoms with Crippen molar-refractivity contribution in [2.24, 2.45) is 0 Å². The van der Waals surface area contributed by atoms with E-state index in [1.54, 1.807) is 12.1 Å². The van der Waals surface area contributed by atoms with Gasteiger partial charge in [0.05, 0.1) is 41.2 Å². The third-order valence-electron chi connectivity index (χ3n) is 10.4. The molecule has 2 saturated heterocycles. The molecule has 278 valence electrons. The average Bonchev–Trinajstić information content (AvgIpc) is 3.33. The van der Waals surface area contributed by atoms with Gasteiger partial charge in [-0.05, 0) is 123 Å². The molecule has 13 heteroatoms. The van der Waals surface area contributed by atoms with Crippen molar-refractivity contribution in [1.82, 2.24) is 5.32 Å². The van der Waals surface area contributed by atoms with Crippen molar-refractivity contribution in [1.29, 1.82) is 0 Å². The number of aromatic hydroxyl groups is 1. The van der Waals surface area contributed by atoms with Crippen molar-refractivity contribution in [3.05, 3.63) is 48.5 Å². The summed E-state index contributed by atoms with van der Waals surface area (Å²) in [5.74, 6) is 0.942. The summed E-state index contributed by atoms with van der Waals surface area (Å²) < 4.78 is 41.6. The van der Waals surface area contributed by atoms with Gasteiger partial charge in [-0.25, -0.2) is 4.79 Å².